The molecule has 0 saturated carbocycles. The molecule has 0 aromatic heterocycles. The topological polar surface area (TPSA) is 24.5 Å². The van der Waals surface area contributed by atoms with Gasteiger partial charge in [-0.15, -0.1) is 32.2 Å². The maximum absolute atomic E-state index is 14.4. The molecule has 0 amide bonds. The number of nitrogens with zero attached hydrogens (tertiary/aromatic N) is 1. The van der Waals surface area contributed by atoms with Gasteiger partial charge in [0.1, 0.15) is 11.6 Å². The summed E-state index contributed by atoms with van der Waals surface area (Å²) in [6, 6.07) is 2.99. The highest BCUT2D eigenvalue weighted by Gasteiger charge is 2.32. The van der Waals surface area contributed by atoms with Crippen LogP contribution in [-0.4, -0.2) is 37.4 Å². The molecule has 26 heavy (non-hydrogen) atoms. The van der Waals surface area contributed by atoms with Crippen LogP contribution in [0, 0.1) is 5.82 Å². The van der Waals surface area contributed by atoms with E-state index in [1.807, 2.05) is 6.08 Å². The van der Waals surface area contributed by atoms with Crippen LogP contribution in [0.4, 0.5) is 17.6 Å². The third-order valence-electron chi connectivity index (χ3n) is 4.29. The number of piperazine rings is 1. The van der Waals surface area contributed by atoms with Crippen molar-refractivity contribution >= 4 is 12.4 Å². The average Bonchev–Trinajstić information content (AvgIpc) is 2.57. The van der Waals surface area contributed by atoms with Gasteiger partial charge in [0.2, 0.25) is 0 Å². The summed E-state index contributed by atoms with van der Waals surface area (Å²) < 4.78 is 55.8. The van der Waals surface area contributed by atoms with E-state index < -0.39 is 12.2 Å². The molecule has 1 aromatic rings. The lowest BCUT2D eigenvalue weighted by atomic mass is 9.97. The molecule has 1 saturated heterocycles. The molecule has 0 aliphatic carbocycles. The number of rotatable bonds is 8. The number of allylic oxidation sites excluding steroid dienone is 1. The highest BCUT2D eigenvalue weighted by atomic mass is 35.5. The molecule has 1 heterocycles. The second-order valence-electron chi connectivity index (χ2n) is 6.11. The third kappa shape index (κ3) is 7.13. The number of unbranched alkanes of at least 4 members (excludes halogenated alkanes) is 2. The van der Waals surface area contributed by atoms with E-state index in [9.17, 15) is 17.6 Å². The van der Waals surface area contributed by atoms with Gasteiger partial charge >= 0.3 is 6.36 Å². The van der Waals surface area contributed by atoms with Gasteiger partial charge < -0.3 is 10.1 Å². The summed E-state index contributed by atoms with van der Waals surface area (Å²) in [6.45, 7) is 6.71. The normalized spacial score (nSPS) is 16.6. The average molecular weight is 397 g/mol. The summed E-state index contributed by atoms with van der Waals surface area (Å²) in [7, 11) is 0. The second kappa shape index (κ2) is 10.7. The van der Waals surface area contributed by atoms with Crippen molar-refractivity contribution in [1.82, 2.24) is 10.2 Å². The Morgan fingerprint density at radius 2 is 1.92 bits per heavy atom. The zero-order valence-electron chi connectivity index (χ0n) is 14.5. The van der Waals surface area contributed by atoms with Crippen molar-refractivity contribution < 1.29 is 22.3 Å². The summed E-state index contributed by atoms with van der Waals surface area (Å²) in [5, 5.41) is 3.23. The fourth-order valence-electron chi connectivity index (χ4n) is 3.13. The van der Waals surface area contributed by atoms with Gasteiger partial charge in [0.25, 0.3) is 0 Å². The van der Waals surface area contributed by atoms with Crippen molar-refractivity contribution in [3.05, 3.63) is 42.2 Å². The Labute approximate surface area is 157 Å². The van der Waals surface area contributed by atoms with Crippen LogP contribution in [0.5, 0.6) is 5.75 Å². The van der Waals surface area contributed by atoms with Crippen LogP contribution in [0.2, 0.25) is 0 Å². The highest BCUT2D eigenvalue weighted by molar-refractivity contribution is 5.85. The summed E-state index contributed by atoms with van der Waals surface area (Å²) in [6.07, 6.45) is 0.368. The first-order valence-corrected chi connectivity index (χ1v) is 8.51. The molecule has 3 nitrogen and oxygen atoms in total. The summed E-state index contributed by atoms with van der Waals surface area (Å²) in [4.78, 5) is 2.13. The largest absolute Gasteiger partial charge is 0.573 e. The van der Waals surface area contributed by atoms with Gasteiger partial charge in [-0.3, -0.25) is 4.90 Å². The molecule has 1 aliphatic heterocycles. The lowest BCUT2D eigenvalue weighted by molar-refractivity contribution is -0.274. The molecule has 1 fully saturated rings. The Bertz CT molecular complexity index is 563. The highest BCUT2D eigenvalue weighted by Crippen LogP contribution is 2.33. The molecule has 1 aliphatic rings. The minimum Gasteiger partial charge on any atom is -0.406 e. The van der Waals surface area contributed by atoms with Crippen molar-refractivity contribution in [2.75, 3.05) is 26.2 Å². The molecule has 0 bridgehead atoms. The maximum atomic E-state index is 14.4. The molecular formula is C18H25ClF4N2O. The number of halogens is 5. The molecule has 1 atom stereocenters. The van der Waals surface area contributed by atoms with Gasteiger partial charge in [0, 0.05) is 37.8 Å². The molecule has 0 unspecified atom stereocenters. The quantitative estimate of drug-likeness (QED) is 0.386. The molecule has 8 heteroatoms. The Balaban J connectivity index is 0.00000338. The van der Waals surface area contributed by atoms with Gasteiger partial charge in [-0.05, 0) is 37.5 Å². The van der Waals surface area contributed by atoms with Crippen LogP contribution in [0.3, 0.4) is 0 Å². The second-order valence-corrected chi connectivity index (χ2v) is 6.11. The standard InChI is InChI=1S/C18H24F4N2O.ClH/c1-2-3-4-5-6-17(24-11-9-23-10-12-24)15-13-14(7-8-16(15)19)25-18(20,21)22;/h2,7-8,13,17,23H,1,3-6,9-12H2;1H/t17-;/m1./s1. The van der Waals surface area contributed by atoms with E-state index in [0.29, 0.717) is 6.42 Å². The van der Waals surface area contributed by atoms with Gasteiger partial charge in [-0.25, -0.2) is 4.39 Å². The van der Waals surface area contributed by atoms with E-state index in [-0.39, 0.29) is 29.8 Å². The lowest BCUT2D eigenvalue weighted by Crippen LogP contribution is -2.45. The predicted octanol–water partition coefficient (Wildman–Crippen LogP) is 4.84. The van der Waals surface area contributed by atoms with Crippen LogP contribution in [-0.2, 0) is 0 Å². The van der Waals surface area contributed by atoms with Gasteiger partial charge in [-0.2, -0.15) is 0 Å². The fraction of sp³-hybridized carbons (Fsp3) is 0.556. The van der Waals surface area contributed by atoms with Gasteiger partial charge in [0.15, 0.2) is 0 Å². The first kappa shape index (κ1) is 22.7. The van der Waals surface area contributed by atoms with E-state index in [1.165, 1.54) is 6.07 Å². The molecule has 0 spiro atoms. The zero-order chi connectivity index (χ0) is 18.3. The Morgan fingerprint density at radius 1 is 1.23 bits per heavy atom. The monoisotopic (exact) mass is 396 g/mol. The number of ether oxygens (including phenoxy) is 1. The first-order valence-electron chi connectivity index (χ1n) is 8.51. The van der Waals surface area contributed by atoms with E-state index in [1.54, 1.807) is 0 Å². The van der Waals surface area contributed by atoms with Crippen molar-refractivity contribution in [3.8, 4) is 5.75 Å². The number of benzene rings is 1. The van der Waals surface area contributed by atoms with E-state index >= 15 is 0 Å². The number of alkyl halides is 3. The van der Waals surface area contributed by atoms with Crippen LogP contribution in [0.15, 0.2) is 30.9 Å². The Hall–Kier alpha value is -1.31. The number of hydrogen-bond acceptors (Lipinski definition) is 3. The van der Waals surface area contributed by atoms with Crippen molar-refractivity contribution in [2.24, 2.45) is 0 Å². The minimum absolute atomic E-state index is 0. The third-order valence-corrected chi connectivity index (χ3v) is 4.29. The first-order chi connectivity index (χ1) is 11.9. The molecule has 2 rings (SSSR count). The SMILES string of the molecule is C=CCCCC[C@H](c1cc(OC(F)(F)F)ccc1F)N1CCNCC1.Cl. The molecular weight excluding hydrogens is 372 g/mol. The summed E-state index contributed by atoms with van der Waals surface area (Å²) in [5.74, 6) is -0.878. The fourth-order valence-corrected chi connectivity index (χ4v) is 3.13. The molecule has 1 N–H and O–H groups in total. The van der Waals surface area contributed by atoms with E-state index in [2.05, 4.69) is 21.5 Å². The van der Waals surface area contributed by atoms with Crippen LogP contribution < -0.4 is 10.1 Å². The van der Waals surface area contributed by atoms with Crippen LogP contribution in [0.25, 0.3) is 0 Å². The summed E-state index contributed by atoms with van der Waals surface area (Å²) >= 11 is 0. The predicted molar refractivity (Wildman–Crippen MR) is 96.2 cm³/mol. The maximum Gasteiger partial charge on any atom is 0.573 e. The zero-order valence-corrected chi connectivity index (χ0v) is 15.3. The van der Waals surface area contributed by atoms with Gasteiger partial charge in [0.05, 0.1) is 0 Å². The Kier molecular flexibility index (Phi) is 9.39. The van der Waals surface area contributed by atoms with Crippen LogP contribution >= 0.6 is 12.4 Å². The number of hydrogen-bond donors (Lipinski definition) is 1. The van der Waals surface area contributed by atoms with E-state index in [4.69, 9.17) is 0 Å². The smallest absolute Gasteiger partial charge is 0.406 e. The molecule has 148 valence electrons. The lowest BCUT2D eigenvalue weighted by Gasteiger charge is -2.35. The minimum atomic E-state index is -4.79. The van der Waals surface area contributed by atoms with Gasteiger partial charge in [-0.1, -0.05) is 12.5 Å². The van der Waals surface area contributed by atoms with Crippen molar-refractivity contribution in [3.63, 3.8) is 0 Å². The molecule has 0 radical (unpaired) electrons. The van der Waals surface area contributed by atoms with Crippen LogP contribution in [0.1, 0.15) is 37.3 Å². The van der Waals surface area contributed by atoms with Crippen molar-refractivity contribution in [1.29, 1.82) is 0 Å². The number of nitrogens with one attached hydrogen (secondary N) is 1. The summed E-state index contributed by atoms with van der Waals surface area (Å²) in [5.41, 5.74) is 0.266. The Morgan fingerprint density at radius 3 is 2.54 bits per heavy atom. The molecule has 1 aromatic carbocycles. The van der Waals surface area contributed by atoms with Crippen molar-refractivity contribution in [2.45, 2.75) is 38.1 Å². The van der Waals surface area contributed by atoms with E-state index in [0.717, 1.165) is 57.6 Å².